The van der Waals surface area contributed by atoms with Crippen LogP contribution in [0.5, 0.6) is 0 Å². The summed E-state index contributed by atoms with van der Waals surface area (Å²) in [5.74, 6) is -2.37. The molecular formula is C14H23F2NO3S2. The van der Waals surface area contributed by atoms with Crippen molar-refractivity contribution in [1.82, 2.24) is 5.32 Å². The van der Waals surface area contributed by atoms with E-state index in [1.165, 1.54) is 21.6 Å². The smallest absolute Gasteiger partial charge is 0.304 e. The van der Waals surface area contributed by atoms with Gasteiger partial charge in [-0.15, -0.1) is 0 Å². The summed E-state index contributed by atoms with van der Waals surface area (Å²) in [6, 6.07) is 0. The average molecular weight is 355 g/mol. The lowest BCUT2D eigenvalue weighted by Gasteiger charge is -2.38. The van der Waals surface area contributed by atoms with Crippen molar-refractivity contribution in [2.24, 2.45) is 5.41 Å². The molecule has 4 nitrogen and oxygen atoms in total. The van der Waals surface area contributed by atoms with E-state index in [9.17, 15) is 18.4 Å². The Kier molecular flexibility index (Phi) is 7.96. The molecule has 0 aromatic rings. The summed E-state index contributed by atoms with van der Waals surface area (Å²) in [6.45, 7) is 2.35. The fourth-order valence-corrected chi connectivity index (χ4v) is 4.36. The molecule has 0 radical (unpaired) electrons. The van der Waals surface area contributed by atoms with Gasteiger partial charge in [0.2, 0.25) is 11.8 Å². The lowest BCUT2D eigenvalue weighted by Crippen LogP contribution is -2.45. The van der Waals surface area contributed by atoms with Crippen LogP contribution in [-0.2, 0) is 9.59 Å². The number of halogens is 2. The first kappa shape index (κ1) is 19.5. The van der Waals surface area contributed by atoms with Crippen molar-refractivity contribution in [2.75, 3.05) is 18.1 Å². The molecule has 0 spiro atoms. The first-order valence-corrected chi connectivity index (χ1v) is 9.92. The molecule has 0 aromatic heterocycles. The third kappa shape index (κ3) is 6.32. The standard InChI is InChI=1S/C14H23F2NO3S2/c1-2-13(4-6-14(15,16)7-5-13)12(20)17-8-10-22-21-9-3-11(18)19/h2-10H2,1H3,(H,17,20)(H,18,19). The molecule has 0 heterocycles. The number of carboxylic acid groups (broad SMARTS) is 1. The Morgan fingerprint density at radius 1 is 1.14 bits per heavy atom. The van der Waals surface area contributed by atoms with Gasteiger partial charge in [0.05, 0.1) is 6.42 Å². The maximum absolute atomic E-state index is 13.2. The Morgan fingerprint density at radius 3 is 2.27 bits per heavy atom. The second kappa shape index (κ2) is 8.96. The first-order chi connectivity index (χ1) is 10.3. The van der Waals surface area contributed by atoms with E-state index in [1.54, 1.807) is 0 Å². The molecule has 0 aromatic carbocycles. The highest BCUT2D eigenvalue weighted by atomic mass is 33.1. The van der Waals surface area contributed by atoms with E-state index in [0.717, 1.165) is 0 Å². The van der Waals surface area contributed by atoms with Crippen LogP contribution in [0.25, 0.3) is 0 Å². The largest absolute Gasteiger partial charge is 0.481 e. The summed E-state index contributed by atoms with van der Waals surface area (Å²) in [5, 5.41) is 11.3. The summed E-state index contributed by atoms with van der Waals surface area (Å²) in [6.07, 6.45) is 0.750. The topological polar surface area (TPSA) is 66.4 Å². The van der Waals surface area contributed by atoms with Gasteiger partial charge in [0.15, 0.2) is 0 Å². The van der Waals surface area contributed by atoms with Crippen LogP contribution in [0, 0.1) is 5.41 Å². The maximum Gasteiger partial charge on any atom is 0.304 e. The molecule has 0 saturated heterocycles. The predicted molar refractivity (Wildman–Crippen MR) is 86.3 cm³/mol. The number of carbonyl (C=O) groups is 2. The molecular weight excluding hydrogens is 332 g/mol. The van der Waals surface area contributed by atoms with Crippen LogP contribution in [0.3, 0.4) is 0 Å². The van der Waals surface area contributed by atoms with Crippen molar-refractivity contribution in [3.63, 3.8) is 0 Å². The molecule has 8 heteroatoms. The second-order valence-electron chi connectivity index (χ2n) is 5.53. The average Bonchev–Trinajstić information content (AvgIpc) is 2.46. The SMILES string of the molecule is CCC1(C(=O)NCCSSCCC(=O)O)CCC(F)(F)CC1. The lowest BCUT2D eigenvalue weighted by molar-refractivity contribution is -0.139. The Bertz CT molecular complexity index is 384. The van der Waals surface area contributed by atoms with Gasteiger partial charge in [-0.25, -0.2) is 8.78 Å². The van der Waals surface area contributed by atoms with Gasteiger partial charge in [-0.05, 0) is 19.3 Å². The molecule has 0 atom stereocenters. The van der Waals surface area contributed by atoms with Crippen LogP contribution in [0.2, 0.25) is 0 Å². The molecule has 1 rings (SSSR count). The van der Waals surface area contributed by atoms with Gasteiger partial charge in [-0.3, -0.25) is 9.59 Å². The van der Waals surface area contributed by atoms with Crippen molar-refractivity contribution in [2.45, 2.75) is 51.4 Å². The van der Waals surface area contributed by atoms with Crippen molar-refractivity contribution >= 4 is 33.5 Å². The summed E-state index contributed by atoms with van der Waals surface area (Å²) in [5.41, 5.74) is -0.650. The number of rotatable bonds is 9. The molecule has 128 valence electrons. The molecule has 1 amide bonds. The maximum atomic E-state index is 13.2. The Balaban J connectivity index is 2.24. The molecule has 0 unspecified atom stereocenters. The summed E-state index contributed by atoms with van der Waals surface area (Å²) >= 11 is 0. The van der Waals surface area contributed by atoms with E-state index in [1.807, 2.05) is 6.92 Å². The minimum Gasteiger partial charge on any atom is -0.481 e. The number of carbonyl (C=O) groups excluding carboxylic acids is 1. The second-order valence-corrected chi connectivity index (χ2v) is 8.24. The van der Waals surface area contributed by atoms with Crippen LogP contribution in [0.15, 0.2) is 0 Å². The third-order valence-corrected chi connectivity index (χ3v) is 6.46. The van der Waals surface area contributed by atoms with Gasteiger partial charge in [0.25, 0.3) is 0 Å². The highest BCUT2D eigenvalue weighted by Gasteiger charge is 2.46. The molecule has 0 bridgehead atoms. The number of hydrogen-bond acceptors (Lipinski definition) is 4. The van der Waals surface area contributed by atoms with Crippen molar-refractivity contribution in [1.29, 1.82) is 0 Å². The number of amides is 1. The Labute approximate surface area is 137 Å². The lowest BCUT2D eigenvalue weighted by atomic mass is 9.70. The van der Waals surface area contributed by atoms with E-state index in [4.69, 9.17) is 5.11 Å². The zero-order chi connectivity index (χ0) is 16.6. The fraction of sp³-hybridized carbons (Fsp3) is 0.857. The van der Waals surface area contributed by atoms with Crippen LogP contribution < -0.4 is 5.32 Å². The Morgan fingerprint density at radius 2 is 1.73 bits per heavy atom. The number of carboxylic acids is 1. The quantitative estimate of drug-likeness (QED) is 0.489. The first-order valence-electron chi connectivity index (χ1n) is 7.44. The molecule has 1 aliphatic rings. The van der Waals surface area contributed by atoms with Crippen molar-refractivity contribution < 1.29 is 23.5 Å². The van der Waals surface area contributed by atoms with Crippen LogP contribution in [0.4, 0.5) is 8.78 Å². The van der Waals surface area contributed by atoms with E-state index in [0.29, 0.717) is 24.5 Å². The van der Waals surface area contributed by atoms with Crippen LogP contribution in [0.1, 0.15) is 45.4 Å². The number of alkyl halides is 2. The minimum absolute atomic E-state index is 0.122. The fourth-order valence-electron chi connectivity index (χ4n) is 2.48. The van der Waals surface area contributed by atoms with Gasteiger partial charge < -0.3 is 10.4 Å². The molecule has 2 N–H and O–H groups in total. The number of hydrogen-bond donors (Lipinski definition) is 2. The van der Waals surface area contributed by atoms with E-state index >= 15 is 0 Å². The summed E-state index contributed by atoms with van der Waals surface area (Å²) in [7, 11) is 2.97. The highest BCUT2D eigenvalue weighted by molar-refractivity contribution is 8.76. The number of nitrogens with one attached hydrogen (secondary N) is 1. The number of aliphatic carboxylic acids is 1. The molecule has 1 aliphatic carbocycles. The van der Waals surface area contributed by atoms with E-state index < -0.39 is 17.3 Å². The van der Waals surface area contributed by atoms with Gasteiger partial charge in [-0.1, -0.05) is 28.5 Å². The van der Waals surface area contributed by atoms with Gasteiger partial charge in [0, 0.05) is 36.3 Å². The molecule has 0 aliphatic heterocycles. The van der Waals surface area contributed by atoms with Gasteiger partial charge in [-0.2, -0.15) is 0 Å². The van der Waals surface area contributed by atoms with Crippen LogP contribution in [-0.4, -0.2) is 41.0 Å². The molecule has 1 fully saturated rings. The zero-order valence-electron chi connectivity index (χ0n) is 12.7. The van der Waals surface area contributed by atoms with Crippen molar-refractivity contribution in [3.8, 4) is 0 Å². The van der Waals surface area contributed by atoms with E-state index in [-0.39, 0.29) is 38.0 Å². The summed E-state index contributed by atoms with van der Waals surface area (Å²) < 4.78 is 26.5. The molecule has 1 saturated carbocycles. The summed E-state index contributed by atoms with van der Waals surface area (Å²) in [4.78, 5) is 22.6. The van der Waals surface area contributed by atoms with Gasteiger partial charge >= 0.3 is 5.97 Å². The normalized spacial score (nSPS) is 19.6. The monoisotopic (exact) mass is 355 g/mol. The van der Waals surface area contributed by atoms with E-state index in [2.05, 4.69) is 5.32 Å². The van der Waals surface area contributed by atoms with Gasteiger partial charge in [0.1, 0.15) is 0 Å². The van der Waals surface area contributed by atoms with Crippen LogP contribution >= 0.6 is 21.6 Å². The Hall–Kier alpha value is -0.500. The highest BCUT2D eigenvalue weighted by Crippen LogP contribution is 2.45. The third-order valence-electron chi connectivity index (χ3n) is 4.05. The minimum atomic E-state index is -2.63. The predicted octanol–water partition coefficient (Wildman–Crippen LogP) is 3.56. The van der Waals surface area contributed by atoms with Crippen molar-refractivity contribution in [3.05, 3.63) is 0 Å². The zero-order valence-corrected chi connectivity index (χ0v) is 14.3. The molecule has 22 heavy (non-hydrogen) atoms.